The maximum Gasteiger partial charge on any atom is 0.137 e. The van der Waals surface area contributed by atoms with Crippen molar-refractivity contribution in [3.8, 4) is 22.8 Å². The van der Waals surface area contributed by atoms with Crippen LogP contribution in [0.4, 0.5) is 0 Å². The summed E-state index contributed by atoms with van der Waals surface area (Å²) < 4.78 is 17.2. The Morgan fingerprint density at radius 3 is 2.37 bits per heavy atom. The second-order valence-electron chi connectivity index (χ2n) is 6.93. The lowest BCUT2D eigenvalue weighted by atomic mass is 10.1. The third-order valence-electron chi connectivity index (χ3n) is 4.93. The first-order valence-corrected chi connectivity index (χ1v) is 10.2. The lowest BCUT2D eigenvalue weighted by molar-refractivity contribution is 0.340. The molecule has 3 aromatic carbocycles. The molecule has 0 spiro atoms. The Hall–Kier alpha value is -3.53. The Labute approximate surface area is 176 Å². The van der Waals surface area contributed by atoms with Crippen molar-refractivity contribution in [2.75, 3.05) is 20.3 Å². The minimum Gasteiger partial charge on any atom is -0.497 e. The molecule has 0 fully saturated rings. The van der Waals surface area contributed by atoms with Gasteiger partial charge in [-0.1, -0.05) is 30.3 Å². The molecule has 0 aliphatic heterocycles. The molecular formula is C26H25NO3. The Morgan fingerprint density at radius 2 is 1.63 bits per heavy atom. The zero-order valence-electron chi connectivity index (χ0n) is 17.3. The number of nitrogens with zero attached hydrogens (tertiary/aromatic N) is 1. The van der Waals surface area contributed by atoms with Gasteiger partial charge >= 0.3 is 0 Å². The van der Waals surface area contributed by atoms with Crippen molar-refractivity contribution < 1.29 is 13.9 Å². The molecule has 0 aliphatic rings. The van der Waals surface area contributed by atoms with E-state index >= 15 is 0 Å². The van der Waals surface area contributed by atoms with Crippen LogP contribution in [0.3, 0.4) is 0 Å². The van der Waals surface area contributed by atoms with Gasteiger partial charge in [0.15, 0.2) is 0 Å². The van der Waals surface area contributed by atoms with Crippen molar-refractivity contribution in [1.82, 2.24) is 0 Å². The minimum atomic E-state index is 0.618. The van der Waals surface area contributed by atoms with E-state index in [4.69, 9.17) is 18.9 Å². The normalized spacial score (nSPS) is 11.6. The predicted molar refractivity (Wildman–Crippen MR) is 120 cm³/mol. The summed E-state index contributed by atoms with van der Waals surface area (Å²) in [6.45, 7) is 3.30. The summed E-state index contributed by atoms with van der Waals surface area (Å²) in [7, 11) is 1.66. The minimum absolute atomic E-state index is 0.618. The average molecular weight is 399 g/mol. The van der Waals surface area contributed by atoms with Gasteiger partial charge in [0.25, 0.3) is 0 Å². The van der Waals surface area contributed by atoms with Gasteiger partial charge in [0.1, 0.15) is 22.8 Å². The highest BCUT2D eigenvalue weighted by Gasteiger charge is 2.08. The van der Waals surface area contributed by atoms with Crippen LogP contribution in [0.1, 0.15) is 12.5 Å². The highest BCUT2D eigenvalue weighted by atomic mass is 16.5. The first-order chi connectivity index (χ1) is 14.8. The van der Waals surface area contributed by atoms with Gasteiger partial charge in [0, 0.05) is 23.6 Å². The van der Waals surface area contributed by atoms with Crippen molar-refractivity contribution in [2.24, 2.45) is 4.99 Å². The van der Waals surface area contributed by atoms with Gasteiger partial charge in [0.05, 0.1) is 19.1 Å². The summed E-state index contributed by atoms with van der Waals surface area (Å²) in [6.07, 6.45) is 0.886. The molecule has 0 saturated heterocycles. The van der Waals surface area contributed by atoms with E-state index in [1.54, 1.807) is 7.11 Å². The van der Waals surface area contributed by atoms with Gasteiger partial charge in [-0.15, -0.1) is 0 Å². The molecule has 0 saturated carbocycles. The van der Waals surface area contributed by atoms with Gasteiger partial charge in [-0.3, -0.25) is 4.99 Å². The van der Waals surface area contributed by atoms with Gasteiger partial charge in [-0.25, -0.2) is 0 Å². The van der Waals surface area contributed by atoms with Gasteiger partial charge in [-0.2, -0.15) is 0 Å². The third-order valence-corrected chi connectivity index (χ3v) is 4.93. The molecule has 4 nitrogen and oxygen atoms in total. The molecule has 0 amide bonds. The molecule has 1 aromatic heterocycles. The van der Waals surface area contributed by atoms with Crippen LogP contribution in [0.25, 0.3) is 22.3 Å². The van der Waals surface area contributed by atoms with Gasteiger partial charge < -0.3 is 13.9 Å². The van der Waals surface area contributed by atoms with E-state index in [1.807, 2.05) is 61.5 Å². The summed E-state index contributed by atoms with van der Waals surface area (Å²) in [5.41, 5.74) is 3.04. The van der Waals surface area contributed by atoms with Crippen LogP contribution >= 0.6 is 0 Å². The standard InChI is InChI=1S/C26H25NO3/c1-3-29-22-13-14-25-23(17-22)24(27-16-15-19-7-5-4-6-8-19)18-26(30-25)20-9-11-21(28-2)12-10-20/h4-14,17-18H,3,15-16H2,1-2H3. The second-order valence-corrected chi connectivity index (χ2v) is 6.93. The van der Waals surface area contributed by atoms with Crippen LogP contribution in [0.15, 0.2) is 88.3 Å². The number of hydrogen-bond donors (Lipinski definition) is 0. The summed E-state index contributed by atoms with van der Waals surface area (Å²) in [4.78, 5) is 4.91. The van der Waals surface area contributed by atoms with E-state index in [0.29, 0.717) is 13.2 Å². The Kier molecular flexibility index (Phi) is 6.14. The second kappa shape index (κ2) is 9.31. The molecule has 0 aliphatic carbocycles. The lowest BCUT2D eigenvalue weighted by Crippen LogP contribution is -2.06. The summed E-state index contributed by atoms with van der Waals surface area (Å²) in [5, 5.41) is 1.85. The van der Waals surface area contributed by atoms with E-state index in [1.165, 1.54) is 5.56 Å². The molecule has 1 heterocycles. The quantitative estimate of drug-likeness (QED) is 0.403. The van der Waals surface area contributed by atoms with Crippen LogP contribution in [-0.2, 0) is 6.42 Å². The molecular weight excluding hydrogens is 374 g/mol. The topological polar surface area (TPSA) is 44.0 Å². The van der Waals surface area contributed by atoms with Crippen LogP contribution in [0.5, 0.6) is 11.5 Å². The Morgan fingerprint density at radius 1 is 0.867 bits per heavy atom. The highest BCUT2D eigenvalue weighted by molar-refractivity contribution is 5.80. The molecule has 0 N–H and O–H groups in total. The van der Waals surface area contributed by atoms with E-state index in [2.05, 4.69) is 24.3 Å². The number of benzene rings is 3. The van der Waals surface area contributed by atoms with Crippen molar-refractivity contribution in [2.45, 2.75) is 13.3 Å². The maximum atomic E-state index is 6.20. The fourth-order valence-corrected chi connectivity index (χ4v) is 3.38. The monoisotopic (exact) mass is 399 g/mol. The first kappa shape index (κ1) is 19.8. The lowest BCUT2D eigenvalue weighted by Gasteiger charge is -2.08. The van der Waals surface area contributed by atoms with E-state index < -0.39 is 0 Å². The fraction of sp³-hybridized carbons (Fsp3) is 0.192. The van der Waals surface area contributed by atoms with Crippen LogP contribution in [-0.4, -0.2) is 20.3 Å². The summed E-state index contributed by atoms with van der Waals surface area (Å²) in [5.74, 6) is 2.40. The van der Waals surface area contributed by atoms with Crippen molar-refractivity contribution in [3.05, 3.63) is 89.8 Å². The predicted octanol–water partition coefficient (Wildman–Crippen LogP) is 5.65. The zero-order valence-corrected chi connectivity index (χ0v) is 17.3. The van der Waals surface area contributed by atoms with Gasteiger partial charge in [0.2, 0.25) is 0 Å². The number of rotatable bonds is 7. The van der Waals surface area contributed by atoms with E-state index in [0.717, 1.165) is 45.6 Å². The zero-order chi connectivity index (χ0) is 20.8. The van der Waals surface area contributed by atoms with Crippen LogP contribution < -0.4 is 14.8 Å². The third kappa shape index (κ3) is 4.54. The molecule has 4 rings (SSSR count). The summed E-state index contributed by atoms with van der Waals surface area (Å²) in [6, 6.07) is 26.1. The molecule has 4 heteroatoms. The average Bonchev–Trinajstić information content (AvgIpc) is 2.80. The molecule has 4 aromatic rings. The molecule has 30 heavy (non-hydrogen) atoms. The Balaban J connectivity index is 1.76. The maximum absolute atomic E-state index is 6.20. The number of ether oxygens (including phenoxy) is 2. The molecule has 0 atom stereocenters. The smallest absolute Gasteiger partial charge is 0.137 e. The largest absolute Gasteiger partial charge is 0.497 e. The van der Waals surface area contributed by atoms with Crippen molar-refractivity contribution in [1.29, 1.82) is 0 Å². The SMILES string of the molecule is CCOc1ccc2oc(-c3ccc(OC)cc3)cc(=NCCc3ccccc3)c2c1. The van der Waals surface area contributed by atoms with Gasteiger partial charge in [-0.05, 0) is 61.4 Å². The molecule has 0 radical (unpaired) electrons. The fourth-order valence-electron chi connectivity index (χ4n) is 3.38. The van der Waals surface area contributed by atoms with E-state index in [-0.39, 0.29) is 0 Å². The molecule has 152 valence electrons. The van der Waals surface area contributed by atoms with Crippen molar-refractivity contribution in [3.63, 3.8) is 0 Å². The van der Waals surface area contributed by atoms with E-state index in [9.17, 15) is 0 Å². The molecule has 0 unspecified atom stereocenters. The number of hydrogen-bond acceptors (Lipinski definition) is 4. The molecule has 0 bridgehead atoms. The highest BCUT2D eigenvalue weighted by Crippen LogP contribution is 2.26. The number of methoxy groups -OCH3 is 1. The van der Waals surface area contributed by atoms with Crippen molar-refractivity contribution >= 4 is 11.0 Å². The van der Waals surface area contributed by atoms with Crippen LogP contribution in [0, 0.1) is 0 Å². The first-order valence-electron chi connectivity index (χ1n) is 10.2. The van der Waals surface area contributed by atoms with Crippen LogP contribution in [0.2, 0.25) is 0 Å². The summed E-state index contributed by atoms with van der Waals surface area (Å²) >= 11 is 0. The number of fused-ring (bicyclic) bond motifs is 1. The Bertz CT molecular complexity index is 1180.